The summed E-state index contributed by atoms with van der Waals surface area (Å²) >= 11 is 0. The number of rotatable bonds is 7. The average molecular weight is 359 g/mol. The van der Waals surface area contributed by atoms with E-state index in [9.17, 15) is 9.59 Å². The molecule has 8 heteroatoms. The van der Waals surface area contributed by atoms with E-state index in [1.165, 1.54) is 0 Å². The highest BCUT2D eigenvalue weighted by Gasteiger charge is 2.24. The monoisotopic (exact) mass is 359 g/mol. The number of ether oxygens (including phenoxy) is 1. The largest absolute Gasteiger partial charge is 0.444 e. The van der Waals surface area contributed by atoms with Crippen LogP contribution in [0, 0.1) is 0 Å². The second-order valence-corrected chi connectivity index (χ2v) is 6.86. The van der Waals surface area contributed by atoms with Gasteiger partial charge in [-0.3, -0.25) is 9.48 Å². The zero-order valence-electron chi connectivity index (χ0n) is 15.3. The van der Waals surface area contributed by atoms with Gasteiger partial charge < -0.3 is 15.4 Å². The lowest BCUT2D eigenvalue weighted by molar-refractivity contribution is -0.123. The predicted molar refractivity (Wildman–Crippen MR) is 96.1 cm³/mol. The number of alkyl carbamates (subject to hydrolysis) is 1. The fraction of sp³-hybridized carbons (Fsp3) is 0.444. The molecule has 2 N–H and O–H groups in total. The number of nitrogens with zero attached hydrogens (tertiary/aromatic N) is 3. The number of benzene rings is 1. The number of aryl methyl sites for hydroxylation is 1. The van der Waals surface area contributed by atoms with E-state index in [1.54, 1.807) is 37.8 Å². The van der Waals surface area contributed by atoms with Gasteiger partial charge in [0.2, 0.25) is 5.91 Å². The van der Waals surface area contributed by atoms with Gasteiger partial charge in [-0.1, -0.05) is 35.5 Å². The molecule has 1 heterocycles. The van der Waals surface area contributed by atoms with Crippen molar-refractivity contribution in [2.45, 2.75) is 51.9 Å². The third-order valence-corrected chi connectivity index (χ3v) is 3.44. The molecule has 0 aliphatic rings. The van der Waals surface area contributed by atoms with Crippen LogP contribution in [0.5, 0.6) is 0 Å². The Morgan fingerprint density at radius 2 is 1.96 bits per heavy atom. The average Bonchev–Trinajstić information content (AvgIpc) is 3.09. The summed E-state index contributed by atoms with van der Waals surface area (Å²) in [7, 11) is 0. The summed E-state index contributed by atoms with van der Waals surface area (Å²) in [5.41, 5.74) is 0.342. The molecule has 0 spiro atoms. The van der Waals surface area contributed by atoms with Gasteiger partial charge in [-0.25, -0.2) is 4.79 Å². The standard InChI is InChI=1S/C18H25N5O3/c1-18(2,3)26-17(25)21-15(9-11-23-12-10-20-22-23)16(24)19-13-14-7-5-4-6-8-14/h4-8,10,12,15H,9,11,13H2,1-3H3,(H,19,24)(H,21,25)/t15-/m0/s1. The molecule has 2 rings (SSSR count). The summed E-state index contributed by atoms with van der Waals surface area (Å²) in [5, 5.41) is 13.1. The molecule has 1 aromatic heterocycles. The summed E-state index contributed by atoms with van der Waals surface area (Å²) in [6.45, 7) is 6.14. The predicted octanol–water partition coefficient (Wildman–Crippen LogP) is 1.88. The molecule has 1 aromatic carbocycles. The Kier molecular flexibility index (Phi) is 6.71. The van der Waals surface area contributed by atoms with Gasteiger partial charge in [-0.15, -0.1) is 5.10 Å². The van der Waals surface area contributed by atoms with E-state index in [0.29, 0.717) is 19.5 Å². The molecular weight excluding hydrogens is 334 g/mol. The molecule has 0 aliphatic carbocycles. The third kappa shape index (κ3) is 6.92. The molecular formula is C18H25N5O3. The molecule has 0 aliphatic heterocycles. The topological polar surface area (TPSA) is 98.1 Å². The Balaban J connectivity index is 1.95. The van der Waals surface area contributed by atoms with Crippen molar-refractivity contribution in [3.05, 3.63) is 48.3 Å². The van der Waals surface area contributed by atoms with E-state index in [2.05, 4.69) is 20.9 Å². The number of aromatic nitrogens is 3. The van der Waals surface area contributed by atoms with Crippen molar-refractivity contribution in [1.82, 2.24) is 25.6 Å². The fourth-order valence-corrected chi connectivity index (χ4v) is 2.24. The van der Waals surface area contributed by atoms with Crippen molar-refractivity contribution in [2.75, 3.05) is 0 Å². The van der Waals surface area contributed by atoms with Crippen molar-refractivity contribution >= 4 is 12.0 Å². The first-order valence-electron chi connectivity index (χ1n) is 8.49. The van der Waals surface area contributed by atoms with Gasteiger partial charge >= 0.3 is 6.09 Å². The maximum Gasteiger partial charge on any atom is 0.408 e. The second kappa shape index (κ2) is 8.98. The lowest BCUT2D eigenvalue weighted by Crippen LogP contribution is -2.48. The maximum absolute atomic E-state index is 12.6. The highest BCUT2D eigenvalue weighted by molar-refractivity contribution is 5.85. The summed E-state index contributed by atoms with van der Waals surface area (Å²) in [6, 6.07) is 8.83. The van der Waals surface area contributed by atoms with Crippen molar-refractivity contribution in [1.29, 1.82) is 0 Å². The Bertz CT molecular complexity index is 695. The minimum atomic E-state index is -0.738. The van der Waals surface area contributed by atoms with Gasteiger partial charge in [0.15, 0.2) is 0 Å². The highest BCUT2D eigenvalue weighted by Crippen LogP contribution is 2.08. The highest BCUT2D eigenvalue weighted by atomic mass is 16.6. The van der Waals surface area contributed by atoms with Crippen molar-refractivity contribution in [3.8, 4) is 0 Å². The van der Waals surface area contributed by atoms with Crippen molar-refractivity contribution in [3.63, 3.8) is 0 Å². The third-order valence-electron chi connectivity index (χ3n) is 3.44. The maximum atomic E-state index is 12.6. The molecule has 0 saturated carbocycles. The SMILES string of the molecule is CC(C)(C)OC(=O)N[C@@H](CCn1ccnn1)C(=O)NCc1ccccc1. The zero-order chi connectivity index (χ0) is 19.0. The molecule has 1 atom stereocenters. The van der Waals surface area contributed by atoms with Crippen LogP contribution in [0.3, 0.4) is 0 Å². The molecule has 0 saturated heterocycles. The lowest BCUT2D eigenvalue weighted by atomic mass is 10.1. The van der Waals surface area contributed by atoms with Gasteiger partial charge in [0, 0.05) is 19.3 Å². The molecule has 140 valence electrons. The van der Waals surface area contributed by atoms with E-state index in [4.69, 9.17) is 4.74 Å². The first kappa shape index (κ1) is 19.4. The van der Waals surface area contributed by atoms with Gasteiger partial charge in [-0.05, 0) is 32.8 Å². The molecule has 2 amide bonds. The summed E-state index contributed by atoms with van der Waals surface area (Å²) in [5.74, 6) is -0.278. The van der Waals surface area contributed by atoms with Crippen LogP contribution in [-0.4, -0.2) is 38.6 Å². The first-order valence-corrected chi connectivity index (χ1v) is 8.49. The molecule has 2 aromatic rings. The molecule has 0 unspecified atom stereocenters. The van der Waals surface area contributed by atoms with E-state index in [1.807, 2.05) is 30.3 Å². The molecule has 0 bridgehead atoms. The van der Waals surface area contributed by atoms with Crippen molar-refractivity contribution in [2.24, 2.45) is 0 Å². The first-order chi connectivity index (χ1) is 12.3. The molecule has 0 fully saturated rings. The van der Waals surface area contributed by atoms with Crippen LogP contribution in [0.4, 0.5) is 4.79 Å². The normalized spacial score (nSPS) is 12.3. The van der Waals surface area contributed by atoms with Gasteiger partial charge in [0.25, 0.3) is 0 Å². The summed E-state index contributed by atoms with van der Waals surface area (Å²) < 4.78 is 6.86. The number of carbonyl (C=O) groups is 2. The number of amides is 2. The smallest absolute Gasteiger partial charge is 0.408 e. The van der Waals surface area contributed by atoms with Crippen LogP contribution in [0.25, 0.3) is 0 Å². The number of hydrogen-bond donors (Lipinski definition) is 2. The summed E-state index contributed by atoms with van der Waals surface area (Å²) in [6.07, 6.45) is 3.00. The Morgan fingerprint density at radius 1 is 1.23 bits per heavy atom. The lowest BCUT2D eigenvalue weighted by Gasteiger charge is -2.23. The van der Waals surface area contributed by atoms with Crippen molar-refractivity contribution < 1.29 is 14.3 Å². The van der Waals surface area contributed by atoms with E-state index < -0.39 is 17.7 Å². The van der Waals surface area contributed by atoms with Crippen LogP contribution >= 0.6 is 0 Å². The van der Waals surface area contributed by atoms with Gasteiger partial charge in [0.1, 0.15) is 11.6 Å². The van der Waals surface area contributed by atoms with Crippen LogP contribution in [0.15, 0.2) is 42.7 Å². The molecule has 26 heavy (non-hydrogen) atoms. The summed E-state index contributed by atoms with van der Waals surface area (Å²) in [4.78, 5) is 24.6. The van der Waals surface area contributed by atoms with Gasteiger partial charge in [0.05, 0.1) is 6.20 Å². The Hall–Kier alpha value is -2.90. The fourth-order valence-electron chi connectivity index (χ4n) is 2.24. The second-order valence-electron chi connectivity index (χ2n) is 6.86. The minimum absolute atomic E-state index is 0.278. The van der Waals surface area contributed by atoms with Crippen LogP contribution in [0.1, 0.15) is 32.8 Å². The van der Waals surface area contributed by atoms with Crippen LogP contribution in [0.2, 0.25) is 0 Å². The van der Waals surface area contributed by atoms with Crippen LogP contribution < -0.4 is 10.6 Å². The van der Waals surface area contributed by atoms with Crippen LogP contribution in [-0.2, 0) is 22.6 Å². The quantitative estimate of drug-likeness (QED) is 0.786. The minimum Gasteiger partial charge on any atom is -0.444 e. The molecule has 8 nitrogen and oxygen atoms in total. The van der Waals surface area contributed by atoms with Gasteiger partial charge in [-0.2, -0.15) is 0 Å². The number of hydrogen-bond acceptors (Lipinski definition) is 5. The Labute approximate surface area is 152 Å². The van der Waals surface area contributed by atoms with E-state index in [-0.39, 0.29) is 5.91 Å². The zero-order valence-corrected chi connectivity index (χ0v) is 15.3. The van der Waals surface area contributed by atoms with E-state index in [0.717, 1.165) is 5.56 Å². The Morgan fingerprint density at radius 3 is 2.58 bits per heavy atom. The number of carbonyl (C=O) groups excluding carboxylic acids is 2. The van der Waals surface area contributed by atoms with E-state index >= 15 is 0 Å². The molecule has 0 radical (unpaired) electrons. The number of nitrogens with one attached hydrogen (secondary N) is 2.